The second-order valence-electron chi connectivity index (χ2n) is 9.38. The zero-order valence-electron chi connectivity index (χ0n) is 22.5. The molecule has 11 heteroatoms. The van der Waals surface area contributed by atoms with Gasteiger partial charge < -0.3 is 10.2 Å². The molecule has 0 heterocycles. The Bertz CT molecular complexity index is 1430. The summed E-state index contributed by atoms with van der Waals surface area (Å²) in [6, 6.07) is 14.8. The van der Waals surface area contributed by atoms with Crippen LogP contribution in [0.4, 0.5) is 10.1 Å². The highest BCUT2D eigenvalue weighted by atomic mass is 35.5. The molecule has 3 aromatic rings. The van der Waals surface area contributed by atoms with E-state index in [9.17, 15) is 22.4 Å². The van der Waals surface area contributed by atoms with Crippen LogP contribution in [-0.4, -0.2) is 44.3 Å². The molecule has 0 aliphatic rings. The van der Waals surface area contributed by atoms with Crippen LogP contribution in [-0.2, 0) is 26.2 Å². The van der Waals surface area contributed by atoms with Gasteiger partial charge in [-0.2, -0.15) is 0 Å². The number of anilines is 1. The Morgan fingerprint density at radius 3 is 2.25 bits per heavy atom. The van der Waals surface area contributed by atoms with Gasteiger partial charge in [0.25, 0.3) is 10.0 Å². The van der Waals surface area contributed by atoms with Gasteiger partial charge >= 0.3 is 0 Å². The molecule has 2 amide bonds. The monoisotopic (exact) mass is 607 g/mol. The van der Waals surface area contributed by atoms with E-state index in [0.29, 0.717) is 22.2 Å². The second-order valence-corrected chi connectivity index (χ2v) is 12.1. The summed E-state index contributed by atoms with van der Waals surface area (Å²) in [7, 11) is -4.24. The zero-order chi connectivity index (χ0) is 29.4. The number of aryl methyl sites for hydroxylation is 1. The van der Waals surface area contributed by atoms with Crippen LogP contribution >= 0.6 is 23.2 Å². The number of amides is 2. The Labute approximate surface area is 244 Å². The van der Waals surface area contributed by atoms with Crippen molar-refractivity contribution < 1.29 is 22.4 Å². The number of sulfonamides is 1. The fourth-order valence-corrected chi connectivity index (χ4v) is 5.81. The van der Waals surface area contributed by atoms with Crippen molar-refractivity contribution in [3.63, 3.8) is 0 Å². The lowest BCUT2D eigenvalue weighted by atomic mass is 10.1. The Kier molecular flexibility index (Phi) is 11.0. The molecular weight excluding hydrogens is 576 g/mol. The largest absolute Gasteiger partial charge is 0.354 e. The predicted octanol–water partition coefficient (Wildman–Crippen LogP) is 5.97. The molecule has 0 bridgehead atoms. The molecule has 0 saturated carbocycles. The number of nitrogens with one attached hydrogen (secondary N) is 1. The van der Waals surface area contributed by atoms with Gasteiger partial charge in [-0.15, -0.1) is 0 Å². The summed E-state index contributed by atoms with van der Waals surface area (Å²) in [5.74, 6) is -1.59. The normalized spacial score (nSPS) is 12.1. The minimum absolute atomic E-state index is 0.0344. The Morgan fingerprint density at radius 2 is 1.65 bits per heavy atom. The summed E-state index contributed by atoms with van der Waals surface area (Å²) in [4.78, 5) is 28.1. The average Bonchev–Trinajstić information content (AvgIpc) is 2.91. The van der Waals surface area contributed by atoms with Crippen LogP contribution in [0, 0.1) is 12.7 Å². The van der Waals surface area contributed by atoms with Crippen LogP contribution in [0.3, 0.4) is 0 Å². The van der Waals surface area contributed by atoms with Crippen LogP contribution in [0.2, 0.25) is 10.0 Å². The number of carbonyl (C=O) groups excluding carboxylic acids is 2. The number of hydrogen-bond donors (Lipinski definition) is 1. The quantitative estimate of drug-likeness (QED) is 0.257. The van der Waals surface area contributed by atoms with E-state index in [4.69, 9.17) is 23.2 Å². The van der Waals surface area contributed by atoms with Crippen LogP contribution in [0.15, 0.2) is 71.6 Å². The van der Waals surface area contributed by atoms with Gasteiger partial charge in [0.15, 0.2) is 0 Å². The number of unbranched alkanes of at least 4 members (excludes halogenated alkanes) is 1. The summed E-state index contributed by atoms with van der Waals surface area (Å²) in [6.07, 6.45) is 1.64. The number of rotatable bonds is 12. The molecule has 0 saturated heterocycles. The number of carbonyl (C=O) groups is 2. The van der Waals surface area contributed by atoms with Crippen molar-refractivity contribution in [2.45, 2.75) is 51.1 Å². The number of benzene rings is 3. The smallest absolute Gasteiger partial charge is 0.264 e. The van der Waals surface area contributed by atoms with Crippen molar-refractivity contribution >= 4 is 50.7 Å². The number of hydrogen-bond acceptors (Lipinski definition) is 4. The van der Waals surface area contributed by atoms with E-state index in [1.54, 1.807) is 31.2 Å². The van der Waals surface area contributed by atoms with E-state index in [1.165, 1.54) is 35.2 Å². The Morgan fingerprint density at radius 1 is 1.00 bits per heavy atom. The van der Waals surface area contributed by atoms with E-state index in [2.05, 4.69) is 5.32 Å². The highest BCUT2D eigenvalue weighted by molar-refractivity contribution is 7.92. The molecule has 0 aliphatic heterocycles. The first kappa shape index (κ1) is 31.4. The molecular formula is C29H32Cl2FN3O4S. The van der Waals surface area contributed by atoms with Gasteiger partial charge in [-0.05, 0) is 74.4 Å². The Balaban J connectivity index is 2.01. The fourth-order valence-electron chi connectivity index (χ4n) is 3.93. The number of halogens is 3. The van der Waals surface area contributed by atoms with Crippen molar-refractivity contribution in [1.29, 1.82) is 0 Å². The summed E-state index contributed by atoms with van der Waals surface area (Å²) < 4.78 is 42.2. The van der Waals surface area contributed by atoms with Crippen molar-refractivity contribution in [3.8, 4) is 0 Å². The molecule has 0 aliphatic carbocycles. The molecule has 0 fully saturated rings. The highest BCUT2D eigenvalue weighted by Crippen LogP contribution is 2.27. The molecule has 7 nitrogen and oxygen atoms in total. The first-order chi connectivity index (χ1) is 18.9. The van der Waals surface area contributed by atoms with E-state index in [-0.39, 0.29) is 23.0 Å². The summed E-state index contributed by atoms with van der Waals surface area (Å²) >= 11 is 12.4. The molecule has 0 radical (unpaired) electrons. The van der Waals surface area contributed by atoms with Crippen molar-refractivity contribution in [2.24, 2.45) is 0 Å². The van der Waals surface area contributed by atoms with Gasteiger partial charge in [0, 0.05) is 23.1 Å². The van der Waals surface area contributed by atoms with Gasteiger partial charge in [-0.1, -0.05) is 60.3 Å². The minimum atomic E-state index is -4.24. The predicted molar refractivity (Wildman–Crippen MR) is 157 cm³/mol. The van der Waals surface area contributed by atoms with Crippen molar-refractivity contribution in [3.05, 3.63) is 93.7 Å². The maximum absolute atomic E-state index is 13.9. The molecule has 1 N–H and O–H groups in total. The molecule has 0 unspecified atom stereocenters. The van der Waals surface area contributed by atoms with Gasteiger partial charge in [0.2, 0.25) is 11.8 Å². The minimum Gasteiger partial charge on any atom is -0.354 e. The fraction of sp³-hybridized carbons (Fsp3) is 0.310. The number of nitrogens with zero attached hydrogens (tertiary/aromatic N) is 2. The molecule has 40 heavy (non-hydrogen) atoms. The molecule has 3 rings (SSSR count). The lowest BCUT2D eigenvalue weighted by Crippen LogP contribution is -2.51. The first-order valence-corrected chi connectivity index (χ1v) is 15.0. The lowest BCUT2D eigenvalue weighted by Gasteiger charge is -2.32. The van der Waals surface area contributed by atoms with E-state index < -0.39 is 34.3 Å². The van der Waals surface area contributed by atoms with Gasteiger partial charge in [-0.25, -0.2) is 12.8 Å². The summed E-state index contributed by atoms with van der Waals surface area (Å²) in [6.45, 7) is 5.11. The van der Waals surface area contributed by atoms with Crippen LogP contribution in [0.1, 0.15) is 37.8 Å². The molecule has 3 aromatic carbocycles. The highest BCUT2D eigenvalue weighted by Gasteiger charge is 2.32. The maximum Gasteiger partial charge on any atom is 0.264 e. The van der Waals surface area contributed by atoms with Crippen LogP contribution in [0.5, 0.6) is 0 Å². The third-order valence-electron chi connectivity index (χ3n) is 6.36. The van der Waals surface area contributed by atoms with E-state index in [1.807, 2.05) is 13.8 Å². The first-order valence-electron chi connectivity index (χ1n) is 12.8. The molecule has 0 aromatic heterocycles. The SMILES string of the molecule is CCCCNC(=O)[C@@H](C)N(Cc1ccc(Cl)cc1Cl)C(=O)CN(c1ccc(F)cc1)S(=O)(=O)c1ccc(C)cc1. The molecule has 1 atom stereocenters. The van der Waals surface area contributed by atoms with E-state index in [0.717, 1.165) is 34.8 Å². The zero-order valence-corrected chi connectivity index (χ0v) is 24.9. The summed E-state index contributed by atoms with van der Waals surface area (Å²) in [5, 5.41) is 3.52. The maximum atomic E-state index is 13.9. The topological polar surface area (TPSA) is 86.8 Å². The van der Waals surface area contributed by atoms with Crippen LogP contribution in [0.25, 0.3) is 0 Å². The summed E-state index contributed by atoms with van der Waals surface area (Å²) in [5.41, 5.74) is 1.49. The average molecular weight is 609 g/mol. The van der Waals surface area contributed by atoms with Gasteiger partial charge in [0.05, 0.1) is 10.6 Å². The third kappa shape index (κ3) is 7.96. The second kappa shape index (κ2) is 14.0. The Hall–Kier alpha value is -3.14. The van der Waals surface area contributed by atoms with Crippen molar-refractivity contribution in [2.75, 3.05) is 17.4 Å². The van der Waals surface area contributed by atoms with Gasteiger partial charge in [0.1, 0.15) is 18.4 Å². The van der Waals surface area contributed by atoms with Gasteiger partial charge in [-0.3, -0.25) is 13.9 Å². The lowest BCUT2D eigenvalue weighted by molar-refractivity contribution is -0.139. The van der Waals surface area contributed by atoms with Crippen LogP contribution < -0.4 is 9.62 Å². The van der Waals surface area contributed by atoms with Crippen molar-refractivity contribution in [1.82, 2.24) is 10.2 Å². The molecule has 0 spiro atoms. The molecule has 214 valence electrons. The standard InChI is InChI=1S/C29H32Cl2FN3O4S/c1-4-5-16-33-29(37)21(3)34(18-22-8-9-23(30)17-27(22)31)28(36)19-35(25-12-10-24(32)11-13-25)40(38,39)26-14-6-20(2)7-15-26/h6-15,17,21H,4-5,16,18-19H2,1-3H3,(H,33,37)/t21-/m1/s1. The van der Waals surface area contributed by atoms with E-state index >= 15 is 0 Å². The third-order valence-corrected chi connectivity index (χ3v) is 8.73.